The lowest BCUT2D eigenvalue weighted by atomic mass is 10.2. The van der Waals surface area contributed by atoms with Crippen molar-refractivity contribution in [1.29, 1.82) is 0 Å². The summed E-state index contributed by atoms with van der Waals surface area (Å²) in [6.45, 7) is 5.17. The normalized spacial score (nSPS) is 23.1. The van der Waals surface area contributed by atoms with Gasteiger partial charge in [-0.15, -0.1) is 0 Å². The van der Waals surface area contributed by atoms with Crippen LogP contribution in [0.3, 0.4) is 0 Å². The highest BCUT2D eigenvalue weighted by Crippen LogP contribution is 2.14. The summed E-state index contributed by atoms with van der Waals surface area (Å²) in [7, 11) is 2.14. The summed E-state index contributed by atoms with van der Waals surface area (Å²) < 4.78 is 0. The molecule has 2 heterocycles. The molecular weight excluding hydrogens is 190 g/mol. The molecule has 0 radical (unpaired) electrons. The van der Waals surface area contributed by atoms with Gasteiger partial charge in [-0.3, -0.25) is 0 Å². The Balaban J connectivity index is 2.12. The SMILES string of the molecule is CC1CN(c2nccc(N)n2)CCN1C. The van der Waals surface area contributed by atoms with Crippen LogP contribution in [0.2, 0.25) is 0 Å². The second-order valence-corrected chi connectivity index (χ2v) is 4.06. The number of nitrogen functional groups attached to an aromatic ring is 1. The summed E-state index contributed by atoms with van der Waals surface area (Å²) in [6.07, 6.45) is 1.71. The summed E-state index contributed by atoms with van der Waals surface area (Å²) in [6, 6.07) is 2.24. The van der Waals surface area contributed by atoms with E-state index in [0.29, 0.717) is 11.9 Å². The summed E-state index contributed by atoms with van der Waals surface area (Å²) in [5.41, 5.74) is 5.64. The largest absolute Gasteiger partial charge is 0.384 e. The maximum Gasteiger partial charge on any atom is 0.227 e. The van der Waals surface area contributed by atoms with Crippen molar-refractivity contribution in [3.8, 4) is 0 Å². The molecule has 0 aliphatic carbocycles. The first-order chi connectivity index (χ1) is 7.16. The van der Waals surface area contributed by atoms with Crippen LogP contribution in [0.15, 0.2) is 12.3 Å². The van der Waals surface area contributed by atoms with Gasteiger partial charge in [0.1, 0.15) is 5.82 Å². The van der Waals surface area contributed by atoms with Crippen molar-refractivity contribution in [3.63, 3.8) is 0 Å². The van der Waals surface area contributed by atoms with Crippen LogP contribution in [0.1, 0.15) is 6.92 Å². The lowest BCUT2D eigenvalue weighted by Gasteiger charge is -2.37. The number of rotatable bonds is 1. The first kappa shape index (κ1) is 10.2. The second kappa shape index (κ2) is 4.02. The molecule has 0 spiro atoms. The minimum atomic E-state index is 0.531. The lowest BCUT2D eigenvalue weighted by molar-refractivity contribution is 0.233. The Morgan fingerprint density at radius 2 is 2.27 bits per heavy atom. The van der Waals surface area contributed by atoms with E-state index in [0.717, 1.165) is 25.6 Å². The molecule has 2 rings (SSSR count). The zero-order chi connectivity index (χ0) is 10.8. The van der Waals surface area contributed by atoms with Crippen LogP contribution in [0, 0.1) is 0 Å². The van der Waals surface area contributed by atoms with Crippen molar-refractivity contribution in [1.82, 2.24) is 14.9 Å². The molecule has 5 heteroatoms. The van der Waals surface area contributed by atoms with Crippen molar-refractivity contribution >= 4 is 11.8 Å². The number of nitrogens with zero attached hydrogens (tertiary/aromatic N) is 4. The molecule has 82 valence electrons. The number of anilines is 2. The van der Waals surface area contributed by atoms with Gasteiger partial charge >= 0.3 is 0 Å². The minimum absolute atomic E-state index is 0.531. The Labute approximate surface area is 89.9 Å². The monoisotopic (exact) mass is 207 g/mol. The fourth-order valence-corrected chi connectivity index (χ4v) is 1.74. The van der Waals surface area contributed by atoms with E-state index in [4.69, 9.17) is 5.73 Å². The van der Waals surface area contributed by atoms with Crippen molar-refractivity contribution in [3.05, 3.63) is 12.3 Å². The molecule has 1 aliphatic heterocycles. The van der Waals surface area contributed by atoms with Crippen LogP contribution in [-0.4, -0.2) is 47.6 Å². The fraction of sp³-hybridized carbons (Fsp3) is 0.600. The van der Waals surface area contributed by atoms with Gasteiger partial charge in [0.05, 0.1) is 0 Å². The molecule has 0 amide bonds. The number of hydrogen-bond donors (Lipinski definition) is 1. The molecule has 1 aromatic rings. The number of aromatic nitrogens is 2. The van der Waals surface area contributed by atoms with Gasteiger partial charge in [0.15, 0.2) is 0 Å². The molecule has 2 N–H and O–H groups in total. The van der Waals surface area contributed by atoms with Gasteiger partial charge in [0, 0.05) is 31.9 Å². The van der Waals surface area contributed by atoms with Crippen molar-refractivity contribution in [2.24, 2.45) is 0 Å². The van der Waals surface area contributed by atoms with E-state index in [9.17, 15) is 0 Å². The van der Waals surface area contributed by atoms with E-state index in [2.05, 4.69) is 33.7 Å². The van der Waals surface area contributed by atoms with Gasteiger partial charge in [-0.2, -0.15) is 4.98 Å². The quantitative estimate of drug-likeness (QED) is 0.713. The Hall–Kier alpha value is -1.36. The highest BCUT2D eigenvalue weighted by atomic mass is 15.3. The number of nitrogens with two attached hydrogens (primary N) is 1. The van der Waals surface area contributed by atoms with E-state index in [1.54, 1.807) is 12.3 Å². The van der Waals surface area contributed by atoms with Crippen LogP contribution in [0.25, 0.3) is 0 Å². The molecule has 1 fully saturated rings. The summed E-state index contributed by atoms with van der Waals surface area (Å²) >= 11 is 0. The number of likely N-dealkylation sites (N-methyl/N-ethyl adjacent to an activating group) is 1. The lowest BCUT2D eigenvalue weighted by Crippen LogP contribution is -2.50. The Morgan fingerprint density at radius 3 is 2.93 bits per heavy atom. The standard InChI is InChI=1S/C10H17N5/c1-8-7-15(6-5-14(8)2)10-12-4-3-9(11)13-10/h3-4,8H,5-7H2,1-2H3,(H2,11,12,13). The van der Waals surface area contributed by atoms with Crippen LogP contribution < -0.4 is 10.6 Å². The fourth-order valence-electron chi connectivity index (χ4n) is 1.74. The first-order valence-electron chi connectivity index (χ1n) is 5.20. The molecule has 5 nitrogen and oxygen atoms in total. The molecule has 0 aromatic carbocycles. The second-order valence-electron chi connectivity index (χ2n) is 4.06. The predicted molar refractivity (Wildman–Crippen MR) is 60.7 cm³/mol. The minimum Gasteiger partial charge on any atom is -0.384 e. The molecule has 15 heavy (non-hydrogen) atoms. The predicted octanol–water partition coefficient (Wildman–Crippen LogP) is 0.199. The number of piperazine rings is 1. The number of hydrogen-bond acceptors (Lipinski definition) is 5. The zero-order valence-corrected chi connectivity index (χ0v) is 9.22. The van der Waals surface area contributed by atoms with Crippen LogP contribution >= 0.6 is 0 Å². The Morgan fingerprint density at radius 1 is 1.47 bits per heavy atom. The average molecular weight is 207 g/mol. The molecule has 1 aliphatic rings. The molecule has 0 saturated carbocycles. The van der Waals surface area contributed by atoms with Gasteiger partial charge in [0.25, 0.3) is 0 Å². The van der Waals surface area contributed by atoms with E-state index in [1.807, 2.05) is 0 Å². The Kier molecular flexibility index (Phi) is 2.73. The molecular formula is C10H17N5. The highest BCUT2D eigenvalue weighted by Gasteiger charge is 2.22. The third kappa shape index (κ3) is 2.18. The average Bonchev–Trinajstić information content (AvgIpc) is 2.22. The van der Waals surface area contributed by atoms with Gasteiger partial charge in [0.2, 0.25) is 5.95 Å². The van der Waals surface area contributed by atoms with Crippen molar-refractivity contribution in [2.75, 3.05) is 37.3 Å². The smallest absolute Gasteiger partial charge is 0.227 e. The molecule has 1 saturated heterocycles. The van der Waals surface area contributed by atoms with Gasteiger partial charge in [-0.1, -0.05) is 0 Å². The van der Waals surface area contributed by atoms with E-state index >= 15 is 0 Å². The molecule has 0 bridgehead atoms. The summed E-state index contributed by atoms with van der Waals surface area (Å²) in [5, 5.41) is 0. The van der Waals surface area contributed by atoms with Crippen molar-refractivity contribution < 1.29 is 0 Å². The van der Waals surface area contributed by atoms with E-state index in [-0.39, 0.29) is 0 Å². The van der Waals surface area contributed by atoms with Crippen molar-refractivity contribution in [2.45, 2.75) is 13.0 Å². The van der Waals surface area contributed by atoms with E-state index < -0.39 is 0 Å². The summed E-state index contributed by atoms with van der Waals surface area (Å²) in [4.78, 5) is 13.0. The highest BCUT2D eigenvalue weighted by molar-refractivity contribution is 5.38. The topological polar surface area (TPSA) is 58.3 Å². The Bertz CT molecular complexity index is 340. The molecule has 1 unspecified atom stereocenters. The van der Waals surface area contributed by atoms with Crippen LogP contribution in [-0.2, 0) is 0 Å². The third-order valence-corrected chi connectivity index (χ3v) is 2.91. The van der Waals surface area contributed by atoms with Crippen LogP contribution in [0.5, 0.6) is 0 Å². The molecule has 1 aromatic heterocycles. The van der Waals surface area contributed by atoms with Crippen LogP contribution in [0.4, 0.5) is 11.8 Å². The maximum absolute atomic E-state index is 5.64. The zero-order valence-electron chi connectivity index (χ0n) is 9.22. The van der Waals surface area contributed by atoms with E-state index in [1.165, 1.54) is 0 Å². The van der Waals surface area contributed by atoms with Gasteiger partial charge in [-0.05, 0) is 20.0 Å². The first-order valence-corrected chi connectivity index (χ1v) is 5.20. The van der Waals surface area contributed by atoms with Gasteiger partial charge < -0.3 is 15.5 Å². The van der Waals surface area contributed by atoms with Gasteiger partial charge in [-0.25, -0.2) is 4.98 Å². The maximum atomic E-state index is 5.64. The third-order valence-electron chi connectivity index (χ3n) is 2.91. The summed E-state index contributed by atoms with van der Waals surface area (Å²) in [5.74, 6) is 1.28. The molecule has 1 atom stereocenters.